The van der Waals surface area contributed by atoms with Gasteiger partial charge in [0.1, 0.15) is 6.33 Å². The van der Waals surface area contributed by atoms with Crippen molar-refractivity contribution in [2.45, 2.75) is 129 Å². The summed E-state index contributed by atoms with van der Waals surface area (Å²) in [6.45, 7) is 27.5. The molecular weight excluding hydrogens is 735 g/mol. The second-order valence-electron chi connectivity index (χ2n) is 16.2. The molecule has 6 heterocycles. The summed E-state index contributed by atoms with van der Waals surface area (Å²) in [7, 11) is 0. The molecule has 0 fully saturated rings. The fourth-order valence-electron chi connectivity index (χ4n) is 6.44. The van der Waals surface area contributed by atoms with Crippen molar-refractivity contribution in [1.29, 1.82) is 0 Å². The molecule has 5 aromatic rings. The summed E-state index contributed by atoms with van der Waals surface area (Å²) in [5.74, 6) is 1.99. The van der Waals surface area contributed by atoms with Crippen LogP contribution in [0.15, 0.2) is 118 Å². The average Bonchev–Trinajstić information content (AvgIpc) is 4.02. The van der Waals surface area contributed by atoms with Gasteiger partial charge in [-0.25, -0.2) is 9.97 Å². The van der Waals surface area contributed by atoms with E-state index in [9.17, 15) is 0 Å². The molecule has 2 aromatic carbocycles. The van der Waals surface area contributed by atoms with Gasteiger partial charge in [-0.05, 0) is 149 Å². The first kappa shape index (κ1) is 48.9. The highest BCUT2D eigenvalue weighted by molar-refractivity contribution is 5.96. The van der Waals surface area contributed by atoms with Crippen molar-refractivity contribution in [3.63, 3.8) is 0 Å². The number of aliphatic imine (C=N–C) groups is 3. The normalized spacial score (nSPS) is 14.1. The second kappa shape index (κ2) is 25.9. The van der Waals surface area contributed by atoms with Gasteiger partial charge in [-0.1, -0.05) is 84.0 Å². The Bertz CT molecular complexity index is 2040. The van der Waals surface area contributed by atoms with E-state index in [1.807, 2.05) is 90.6 Å². The molecule has 3 aliphatic rings. The van der Waals surface area contributed by atoms with E-state index in [0.717, 1.165) is 48.0 Å². The van der Waals surface area contributed by atoms with E-state index in [-0.39, 0.29) is 0 Å². The van der Waals surface area contributed by atoms with Crippen LogP contribution in [-0.2, 0) is 12.8 Å². The van der Waals surface area contributed by atoms with Crippen LogP contribution < -0.4 is 0 Å². The number of fused-ring (bicyclic) bond motifs is 2. The molecule has 8 rings (SSSR count). The van der Waals surface area contributed by atoms with E-state index >= 15 is 0 Å². The maximum Gasteiger partial charge on any atom is 0.115 e. The number of allylic oxidation sites excluding steroid dienone is 1. The third kappa shape index (κ3) is 17.4. The summed E-state index contributed by atoms with van der Waals surface area (Å²) >= 11 is 0. The molecule has 3 unspecified atom stereocenters. The lowest BCUT2D eigenvalue weighted by Crippen LogP contribution is -2.09. The van der Waals surface area contributed by atoms with Crippen LogP contribution in [0.2, 0.25) is 0 Å². The smallest absolute Gasteiger partial charge is 0.115 e. The topological polar surface area (TPSA) is 88.6 Å². The number of benzene rings is 2. The van der Waals surface area contributed by atoms with Crippen molar-refractivity contribution < 1.29 is 0 Å². The lowest BCUT2D eigenvalue weighted by molar-refractivity contribution is 0.649. The van der Waals surface area contributed by atoms with E-state index in [0.29, 0.717) is 11.8 Å². The van der Waals surface area contributed by atoms with E-state index in [4.69, 9.17) is 4.99 Å². The highest BCUT2D eigenvalue weighted by Crippen LogP contribution is 2.31. The van der Waals surface area contributed by atoms with Gasteiger partial charge in [0, 0.05) is 78.3 Å². The summed E-state index contributed by atoms with van der Waals surface area (Å²) < 4.78 is 0. The Hall–Kier alpha value is -5.43. The monoisotopic (exact) mass is 806 g/mol. The van der Waals surface area contributed by atoms with Crippen LogP contribution in [0, 0.1) is 66.2 Å². The fourth-order valence-corrected chi connectivity index (χ4v) is 6.44. The highest BCUT2D eigenvalue weighted by Gasteiger charge is 2.18. The highest BCUT2D eigenvalue weighted by atomic mass is 14.8. The quantitative estimate of drug-likeness (QED) is 0.171. The summed E-state index contributed by atoms with van der Waals surface area (Å²) in [6, 6.07) is 25.0. The Morgan fingerprint density at radius 1 is 0.533 bits per heavy atom. The van der Waals surface area contributed by atoms with Crippen LogP contribution in [0.4, 0.5) is 11.4 Å². The zero-order valence-corrected chi connectivity index (χ0v) is 38.9. The molecular formula is C53H71N7. The molecule has 318 valence electrons. The molecule has 3 aromatic heterocycles. The maximum atomic E-state index is 4.70. The first-order chi connectivity index (χ1) is 28.7. The molecule has 0 aliphatic carbocycles. The van der Waals surface area contributed by atoms with Crippen molar-refractivity contribution >= 4 is 29.0 Å². The minimum atomic E-state index is 0.628. The Morgan fingerprint density at radius 3 is 1.52 bits per heavy atom. The molecule has 0 N–H and O–H groups in total. The number of hydrogen-bond donors (Lipinski definition) is 0. The maximum absolute atomic E-state index is 4.70. The first-order valence-corrected chi connectivity index (χ1v) is 21.8. The number of hydrogen-bond acceptors (Lipinski definition) is 7. The summed E-state index contributed by atoms with van der Waals surface area (Å²) in [5, 5.41) is 0. The molecule has 3 atom stereocenters. The molecule has 0 radical (unpaired) electrons. The molecule has 0 bridgehead atoms. The molecule has 0 spiro atoms. The molecule has 60 heavy (non-hydrogen) atoms. The minimum absolute atomic E-state index is 0.628. The van der Waals surface area contributed by atoms with Gasteiger partial charge < -0.3 is 0 Å². The number of aromatic nitrogens is 4. The van der Waals surface area contributed by atoms with Gasteiger partial charge in [0.15, 0.2) is 0 Å². The van der Waals surface area contributed by atoms with Crippen LogP contribution in [0.25, 0.3) is 0 Å². The molecule has 0 amide bonds. The second-order valence-corrected chi connectivity index (χ2v) is 16.2. The van der Waals surface area contributed by atoms with Crippen molar-refractivity contribution in [1.82, 2.24) is 19.9 Å². The van der Waals surface area contributed by atoms with E-state index < -0.39 is 0 Å². The molecule has 7 nitrogen and oxygen atoms in total. The van der Waals surface area contributed by atoms with Crippen molar-refractivity contribution in [2.24, 2.45) is 32.7 Å². The van der Waals surface area contributed by atoms with Gasteiger partial charge in [0.05, 0.1) is 11.4 Å². The van der Waals surface area contributed by atoms with Crippen molar-refractivity contribution in [2.75, 3.05) is 0 Å². The summed E-state index contributed by atoms with van der Waals surface area (Å²) in [5.41, 5.74) is 17.3. The lowest BCUT2D eigenvalue weighted by atomic mass is 9.98. The zero-order valence-electron chi connectivity index (χ0n) is 38.9. The summed E-state index contributed by atoms with van der Waals surface area (Å²) in [6.07, 6.45) is 16.1. The zero-order chi connectivity index (χ0) is 44.0. The molecule has 3 aliphatic heterocycles. The fraction of sp³-hybridized carbons (Fsp3) is 0.415. The van der Waals surface area contributed by atoms with Crippen LogP contribution in [0.1, 0.15) is 118 Å². The van der Waals surface area contributed by atoms with Crippen LogP contribution in [-0.4, -0.2) is 37.6 Å². The van der Waals surface area contributed by atoms with Crippen molar-refractivity contribution in [3.05, 3.63) is 154 Å². The van der Waals surface area contributed by atoms with Gasteiger partial charge in [0.25, 0.3) is 0 Å². The average molecular weight is 806 g/mol. The Balaban J connectivity index is 0.000000196. The predicted octanol–water partition coefficient (Wildman–Crippen LogP) is 13.9. The van der Waals surface area contributed by atoms with Gasteiger partial charge in [-0.2, -0.15) is 0 Å². The number of pyridine rings is 2. The Labute approximate surface area is 362 Å². The van der Waals surface area contributed by atoms with Crippen molar-refractivity contribution in [3.8, 4) is 0 Å². The molecule has 7 heteroatoms. The third-order valence-electron chi connectivity index (χ3n) is 10.8. The standard InChI is InChI=1S/C13H17N.C12H15N.C8H13N.2C7H9N.C6H8N2/c1-4-10(3)12-8-11-6-5-9(2)7-13(11)14-12;1-3-9(2)12-8-10-6-4-5-7-11(10)13-12;1-3-7(2)8-4-5-9-6-8;1-6-3-7(2)5-8-4-6;1-6-4-3-5-7(2)8-6;1-5-3-6(2)8-4-7-5/h5-7,10H,4,8H2,1-3H3;4-7,9H,3,8H2,1-2H3;5-7H,3-4H2,1-2H3;2*3-5H,1-2H3;3-4H,1-2H3. The molecule has 0 saturated heterocycles. The number of aryl methyl sites for hydroxylation is 7. The lowest BCUT2D eigenvalue weighted by Gasteiger charge is -2.06. The predicted molar refractivity (Wildman–Crippen MR) is 258 cm³/mol. The Morgan fingerprint density at radius 2 is 1.08 bits per heavy atom. The number of nitrogens with zero attached hydrogens (tertiary/aromatic N) is 7. The van der Waals surface area contributed by atoms with E-state index in [1.54, 1.807) is 6.33 Å². The number of para-hydroxylation sites is 1. The van der Waals surface area contributed by atoms with E-state index in [2.05, 4.69) is 127 Å². The minimum Gasteiger partial charge on any atom is -0.269 e. The van der Waals surface area contributed by atoms with Crippen LogP contribution in [0.5, 0.6) is 0 Å². The van der Waals surface area contributed by atoms with Crippen LogP contribution >= 0.6 is 0 Å². The molecule has 0 saturated carbocycles. The SMILES string of the molecule is CCC(C)C1=CN=CC1.CCC(C)C1=Nc2cc(C)ccc2C1.CCC(C)C1=Nc2ccccc2C1.Cc1cc(C)ncn1.Cc1cccc(C)n1.Cc1cncc(C)c1. The Kier molecular flexibility index (Phi) is 21.1. The third-order valence-corrected chi connectivity index (χ3v) is 10.8. The number of rotatable bonds is 6. The van der Waals surface area contributed by atoms with Gasteiger partial charge in [-0.15, -0.1) is 0 Å². The van der Waals surface area contributed by atoms with Gasteiger partial charge in [0.2, 0.25) is 0 Å². The van der Waals surface area contributed by atoms with Crippen LogP contribution in [0.3, 0.4) is 0 Å². The summed E-state index contributed by atoms with van der Waals surface area (Å²) in [4.78, 5) is 29.4. The van der Waals surface area contributed by atoms with E-state index in [1.165, 1.54) is 75.5 Å². The first-order valence-electron chi connectivity index (χ1n) is 21.8. The van der Waals surface area contributed by atoms with Gasteiger partial charge >= 0.3 is 0 Å². The largest absolute Gasteiger partial charge is 0.269 e. The van der Waals surface area contributed by atoms with Gasteiger partial charge in [-0.3, -0.25) is 24.9 Å².